The van der Waals surface area contributed by atoms with Gasteiger partial charge in [0.1, 0.15) is 0 Å². The van der Waals surface area contributed by atoms with Gasteiger partial charge in [0.25, 0.3) is 0 Å². The molecule has 0 aromatic heterocycles. The molecule has 1 saturated carbocycles. The first-order chi connectivity index (χ1) is 6.97. The Morgan fingerprint density at radius 3 is 2.20 bits per heavy atom. The van der Waals surface area contributed by atoms with Crippen molar-refractivity contribution in [1.82, 2.24) is 4.31 Å². The molecular weight excluding hydrogens is 210 g/mol. The van der Waals surface area contributed by atoms with Crippen LogP contribution in [0.3, 0.4) is 0 Å². The summed E-state index contributed by atoms with van der Waals surface area (Å²) >= 11 is 0. The zero-order valence-corrected chi connectivity index (χ0v) is 10.9. The van der Waals surface area contributed by atoms with Gasteiger partial charge in [-0.1, -0.05) is 13.8 Å². The van der Waals surface area contributed by atoms with Crippen molar-refractivity contribution in [2.45, 2.75) is 52.0 Å². The molecule has 3 nitrogen and oxygen atoms in total. The van der Waals surface area contributed by atoms with E-state index in [0.29, 0.717) is 6.42 Å². The molecule has 0 aromatic carbocycles. The van der Waals surface area contributed by atoms with Crippen molar-refractivity contribution in [2.24, 2.45) is 5.92 Å². The third kappa shape index (κ3) is 3.45. The number of nitrogens with zero attached hydrogens (tertiary/aromatic N) is 1. The van der Waals surface area contributed by atoms with Crippen molar-refractivity contribution in [1.29, 1.82) is 0 Å². The summed E-state index contributed by atoms with van der Waals surface area (Å²) in [4.78, 5) is 0. The first-order valence-corrected chi connectivity index (χ1v) is 7.54. The minimum atomic E-state index is -2.99. The average Bonchev–Trinajstić information content (AvgIpc) is 2.18. The van der Waals surface area contributed by atoms with Gasteiger partial charge < -0.3 is 0 Å². The first-order valence-electron chi connectivity index (χ1n) is 5.93. The molecule has 0 amide bonds. The SMILES string of the molecule is CCCS(=O)(=O)N(C)C1CCC(C)CC1. The lowest BCUT2D eigenvalue weighted by Gasteiger charge is -2.32. The highest BCUT2D eigenvalue weighted by Gasteiger charge is 2.28. The molecule has 90 valence electrons. The highest BCUT2D eigenvalue weighted by molar-refractivity contribution is 7.89. The lowest BCUT2D eigenvalue weighted by molar-refractivity contribution is 0.246. The third-order valence-corrected chi connectivity index (χ3v) is 5.50. The molecule has 0 aromatic rings. The van der Waals surface area contributed by atoms with Crippen LogP contribution in [0.25, 0.3) is 0 Å². The molecule has 1 aliphatic rings. The Morgan fingerprint density at radius 2 is 1.73 bits per heavy atom. The van der Waals surface area contributed by atoms with Crippen LogP contribution in [0.5, 0.6) is 0 Å². The molecule has 0 saturated heterocycles. The van der Waals surface area contributed by atoms with Crippen LogP contribution in [0.4, 0.5) is 0 Å². The molecule has 0 bridgehead atoms. The van der Waals surface area contributed by atoms with Gasteiger partial charge in [-0.15, -0.1) is 0 Å². The fraction of sp³-hybridized carbons (Fsp3) is 1.00. The van der Waals surface area contributed by atoms with E-state index in [-0.39, 0.29) is 11.8 Å². The van der Waals surface area contributed by atoms with Crippen LogP contribution in [-0.4, -0.2) is 31.6 Å². The van der Waals surface area contributed by atoms with E-state index in [1.165, 1.54) is 0 Å². The molecule has 0 radical (unpaired) electrons. The summed E-state index contributed by atoms with van der Waals surface area (Å²) in [7, 11) is -1.25. The summed E-state index contributed by atoms with van der Waals surface area (Å²) in [5, 5.41) is 0. The van der Waals surface area contributed by atoms with Gasteiger partial charge in [-0.05, 0) is 38.0 Å². The Labute approximate surface area is 93.9 Å². The fourth-order valence-electron chi connectivity index (χ4n) is 2.24. The maximum atomic E-state index is 11.8. The van der Waals surface area contributed by atoms with Gasteiger partial charge in [-0.2, -0.15) is 0 Å². The van der Waals surface area contributed by atoms with Gasteiger partial charge in [0, 0.05) is 13.1 Å². The molecule has 0 heterocycles. The summed E-state index contributed by atoms with van der Waals surface area (Å²) in [5.41, 5.74) is 0. The van der Waals surface area contributed by atoms with Gasteiger partial charge in [-0.3, -0.25) is 0 Å². The molecule has 1 aliphatic carbocycles. The van der Waals surface area contributed by atoms with Crippen molar-refractivity contribution < 1.29 is 8.42 Å². The molecule has 0 unspecified atom stereocenters. The van der Waals surface area contributed by atoms with E-state index in [9.17, 15) is 8.42 Å². The zero-order chi connectivity index (χ0) is 11.5. The molecular formula is C11H23NO2S. The van der Waals surface area contributed by atoms with E-state index in [0.717, 1.165) is 31.6 Å². The molecule has 0 N–H and O–H groups in total. The van der Waals surface area contributed by atoms with E-state index in [4.69, 9.17) is 0 Å². The predicted octanol–water partition coefficient (Wildman–Crippen LogP) is 2.24. The highest BCUT2D eigenvalue weighted by atomic mass is 32.2. The molecule has 15 heavy (non-hydrogen) atoms. The Morgan fingerprint density at radius 1 is 1.20 bits per heavy atom. The van der Waals surface area contributed by atoms with Gasteiger partial charge in [0.15, 0.2) is 0 Å². The second-order valence-electron chi connectivity index (χ2n) is 4.75. The van der Waals surface area contributed by atoms with E-state index in [1.807, 2.05) is 6.92 Å². The van der Waals surface area contributed by atoms with Crippen molar-refractivity contribution in [3.63, 3.8) is 0 Å². The smallest absolute Gasteiger partial charge is 0.212 e. The normalized spacial score (nSPS) is 28.3. The van der Waals surface area contributed by atoms with Crippen molar-refractivity contribution in [2.75, 3.05) is 12.8 Å². The summed E-state index contributed by atoms with van der Waals surface area (Å²) in [6, 6.07) is 0.248. The Hall–Kier alpha value is -0.0900. The monoisotopic (exact) mass is 233 g/mol. The van der Waals surface area contributed by atoms with Crippen LogP contribution < -0.4 is 0 Å². The number of sulfonamides is 1. The fourth-order valence-corrected chi connectivity index (χ4v) is 3.70. The predicted molar refractivity (Wildman–Crippen MR) is 63.3 cm³/mol. The molecule has 1 fully saturated rings. The summed E-state index contributed by atoms with van der Waals surface area (Å²) in [5.74, 6) is 1.05. The summed E-state index contributed by atoms with van der Waals surface area (Å²) in [6.45, 7) is 4.16. The van der Waals surface area contributed by atoms with Crippen LogP contribution in [0.1, 0.15) is 46.0 Å². The van der Waals surface area contributed by atoms with Gasteiger partial charge in [0.05, 0.1) is 5.75 Å². The Balaban J connectivity index is 2.57. The highest BCUT2D eigenvalue weighted by Crippen LogP contribution is 2.27. The van der Waals surface area contributed by atoms with Crippen LogP contribution in [-0.2, 0) is 10.0 Å². The lowest BCUT2D eigenvalue weighted by Crippen LogP contribution is -2.40. The molecule has 4 heteroatoms. The number of rotatable bonds is 4. The quantitative estimate of drug-likeness (QED) is 0.747. The van der Waals surface area contributed by atoms with Crippen LogP contribution >= 0.6 is 0 Å². The Bertz CT molecular complexity index is 279. The molecule has 1 rings (SSSR count). The minimum absolute atomic E-state index is 0.248. The van der Waals surface area contributed by atoms with E-state index < -0.39 is 10.0 Å². The molecule has 0 spiro atoms. The number of hydrogen-bond acceptors (Lipinski definition) is 2. The topological polar surface area (TPSA) is 37.4 Å². The molecule has 0 atom stereocenters. The average molecular weight is 233 g/mol. The minimum Gasteiger partial charge on any atom is -0.212 e. The summed E-state index contributed by atoms with van der Waals surface area (Å²) < 4.78 is 25.3. The van der Waals surface area contributed by atoms with Crippen LogP contribution in [0.2, 0.25) is 0 Å². The van der Waals surface area contributed by atoms with E-state index in [1.54, 1.807) is 11.4 Å². The standard InChI is InChI=1S/C11H23NO2S/c1-4-9-15(13,14)12(3)11-7-5-10(2)6-8-11/h10-11H,4-9H2,1-3H3. The maximum Gasteiger partial charge on any atom is 0.214 e. The summed E-state index contributed by atoms with van der Waals surface area (Å²) in [6.07, 6.45) is 5.09. The Kier molecular flexibility index (Phi) is 4.59. The number of hydrogen-bond donors (Lipinski definition) is 0. The van der Waals surface area contributed by atoms with Crippen molar-refractivity contribution in [3.8, 4) is 0 Å². The first kappa shape index (κ1) is 13.0. The lowest BCUT2D eigenvalue weighted by atomic mass is 9.87. The van der Waals surface area contributed by atoms with Gasteiger partial charge in [-0.25, -0.2) is 12.7 Å². The van der Waals surface area contributed by atoms with Crippen LogP contribution in [0.15, 0.2) is 0 Å². The molecule has 0 aliphatic heterocycles. The maximum absolute atomic E-state index is 11.8. The van der Waals surface area contributed by atoms with Crippen molar-refractivity contribution >= 4 is 10.0 Å². The van der Waals surface area contributed by atoms with Gasteiger partial charge in [0.2, 0.25) is 10.0 Å². The van der Waals surface area contributed by atoms with E-state index >= 15 is 0 Å². The van der Waals surface area contributed by atoms with E-state index in [2.05, 4.69) is 6.92 Å². The van der Waals surface area contributed by atoms with Crippen LogP contribution in [0, 0.1) is 5.92 Å². The van der Waals surface area contributed by atoms with Crippen molar-refractivity contribution in [3.05, 3.63) is 0 Å². The second-order valence-corrected chi connectivity index (χ2v) is 6.89. The third-order valence-electron chi connectivity index (χ3n) is 3.40. The largest absolute Gasteiger partial charge is 0.214 e. The second kappa shape index (κ2) is 5.30. The zero-order valence-electron chi connectivity index (χ0n) is 10.1. The van der Waals surface area contributed by atoms with Gasteiger partial charge >= 0.3 is 0 Å².